The highest BCUT2D eigenvalue weighted by Crippen LogP contribution is 2.36. The van der Waals surface area contributed by atoms with Crippen LogP contribution in [-0.2, 0) is 6.18 Å². The minimum absolute atomic E-state index is 0.0964. The zero-order valence-electron chi connectivity index (χ0n) is 15.4. The average Bonchev–Trinajstić information content (AvgIpc) is 3.25. The molecule has 0 radical (unpaired) electrons. The predicted octanol–water partition coefficient (Wildman–Crippen LogP) is 4.10. The van der Waals surface area contributed by atoms with Gasteiger partial charge in [-0.15, -0.1) is 0 Å². The molecule has 2 atom stereocenters. The van der Waals surface area contributed by atoms with Crippen molar-refractivity contribution in [1.82, 2.24) is 15.1 Å². The van der Waals surface area contributed by atoms with Crippen LogP contribution in [0.4, 0.5) is 19.0 Å². The number of aromatic nitrogens is 3. The Bertz CT molecular complexity index is 944. The van der Waals surface area contributed by atoms with Crippen molar-refractivity contribution in [3.05, 3.63) is 60.1 Å². The summed E-state index contributed by atoms with van der Waals surface area (Å²) in [5.41, 5.74) is 1.49. The Morgan fingerprint density at radius 1 is 1.10 bits per heavy atom. The van der Waals surface area contributed by atoms with E-state index in [1.54, 1.807) is 12.1 Å². The smallest absolute Gasteiger partial charge is 0.396 e. The Balaban J connectivity index is 1.61. The second kappa shape index (κ2) is 7.82. The normalized spacial score (nSPS) is 20.1. The van der Waals surface area contributed by atoms with Gasteiger partial charge >= 0.3 is 12.1 Å². The summed E-state index contributed by atoms with van der Waals surface area (Å²) < 4.78 is 42.3. The summed E-state index contributed by atoms with van der Waals surface area (Å²) in [7, 11) is 0. The van der Waals surface area contributed by atoms with Crippen molar-refractivity contribution in [3.8, 4) is 11.4 Å². The molecule has 1 aromatic carbocycles. The first-order valence-corrected chi connectivity index (χ1v) is 9.25. The largest absolute Gasteiger partial charge is 0.471 e. The van der Waals surface area contributed by atoms with Crippen molar-refractivity contribution in [2.75, 3.05) is 18.1 Å². The topological polar surface area (TPSA) is 75.3 Å². The number of benzene rings is 1. The quantitative estimate of drug-likeness (QED) is 0.706. The van der Waals surface area contributed by atoms with Crippen LogP contribution in [0.2, 0.25) is 0 Å². The van der Waals surface area contributed by atoms with Crippen molar-refractivity contribution < 1.29 is 22.8 Å². The number of piperidine rings is 1. The fourth-order valence-corrected chi connectivity index (χ4v) is 3.61. The molecule has 1 saturated heterocycles. The van der Waals surface area contributed by atoms with Gasteiger partial charge in [-0.1, -0.05) is 35.5 Å². The Morgan fingerprint density at radius 2 is 1.90 bits per heavy atom. The van der Waals surface area contributed by atoms with Gasteiger partial charge in [-0.3, -0.25) is 0 Å². The number of pyridine rings is 1. The lowest BCUT2D eigenvalue weighted by Crippen LogP contribution is -2.39. The Labute approximate surface area is 165 Å². The molecule has 29 heavy (non-hydrogen) atoms. The maximum atomic E-state index is 12.7. The summed E-state index contributed by atoms with van der Waals surface area (Å²) in [5, 5.41) is 13.0. The minimum atomic E-state index is -4.69. The molecule has 152 valence electrons. The van der Waals surface area contributed by atoms with E-state index >= 15 is 0 Å². The van der Waals surface area contributed by atoms with Gasteiger partial charge in [-0.2, -0.15) is 18.2 Å². The lowest BCUT2D eigenvalue weighted by molar-refractivity contribution is -0.159. The molecule has 0 amide bonds. The number of alkyl halides is 3. The van der Waals surface area contributed by atoms with E-state index in [-0.39, 0.29) is 24.4 Å². The Kier molecular flexibility index (Phi) is 5.23. The lowest BCUT2D eigenvalue weighted by Gasteiger charge is -2.40. The predicted molar refractivity (Wildman–Crippen MR) is 98.9 cm³/mol. The van der Waals surface area contributed by atoms with Gasteiger partial charge in [0, 0.05) is 24.9 Å². The summed E-state index contributed by atoms with van der Waals surface area (Å²) in [6.45, 7) is 0.738. The molecule has 2 unspecified atom stereocenters. The Morgan fingerprint density at radius 3 is 2.52 bits per heavy atom. The van der Waals surface area contributed by atoms with Gasteiger partial charge in [0.2, 0.25) is 5.82 Å². The standard InChI is InChI=1S/C20H19F3N4O2/c21-20(22,23)19-25-18(26-29-19)15-7-9-17(24-10-15)27-11-13(12-28)6-8-16(27)14-4-2-1-3-5-14/h1-5,7,9-10,13,16,28H,6,8,11-12H2. The van der Waals surface area contributed by atoms with E-state index in [1.165, 1.54) is 6.20 Å². The van der Waals surface area contributed by atoms with Crippen LogP contribution in [0.25, 0.3) is 11.4 Å². The van der Waals surface area contributed by atoms with Gasteiger partial charge < -0.3 is 14.5 Å². The second-order valence-corrected chi connectivity index (χ2v) is 7.03. The monoisotopic (exact) mass is 404 g/mol. The summed E-state index contributed by atoms with van der Waals surface area (Å²) in [4.78, 5) is 9.95. The maximum Gasteiger partial charge on any atom is 0.471 e. The third kappa shape index (κ3) is 4.09. The van der Waals surface area contributed by atoms with Crippen LogP contribution in [0.3, 0.4) is 0 Å². The number of halogens is 3. The molecular weight excluding hydrogens is 385 g/mol. The van der Waals surface area contributed by atoms with E-state index in [0.717, 1.165) is 18.4 Å². The molecule has 1 aliphatic rings. The number of hydrogen-bond acceptors (Lipinski definition) is 6. The molecule has 0 aliphatic carbocycles. The molecular formula is C20H19F3N4O2. The van der Waals surface area contributed by atoms with Gasteiger partial charge in [0.25, 0.3) is 0 Å². The maximum absolute atomic E-state index is 12.7. The lowest BCUT2D eigenvalue weighted by atomic mass is 9.89. The van der Waals surface area contributed by atoms with Gasteiger partial charge in [0.05, 0.1) is 6.04 Å². The van der Waals surface area contributed by atoms with E-state index < -0.39 is 12.1 Å². The number of hydrogen-bond donors (Lipinski definition) is 1. The number of aliphatic hydroxyl groups excluding tert-OH is 1. The van der Waals surface area contributed by atoms with Crippen molar-refractivity contribution in [2.24, 2.45) is 5.92 Å². The fourth-order valence-electron chi connectivity index (χ4n) is 3.61. The zero-order valence-corrected chi connectivity index (χ0v) is 15.4. The van der Waals surface area contributed by atoms with Gasteiger partial charge in [0.15, 0.2) is 0 Å². The van der Waals surface area contributed by atoms with Crippen molar-refractivity contribution >= 4 is 5.82 Å². The van der Waals surface area contributed by atoms with Gasteiger partial charge in [0.1, 0.15) is 5.82 Å². The van der Waals surface area contributed by atoms with Crippen molar-refractivity contribution in [3.63, 3.8) is 0 Å². The summed E-state index contributed by atoms with van der Waals surface area (Å²) in [6, 6.07) is 13.5. The van der Waals surface area contributed by atoms with Crippen LogP contribution in [-0.4, -0.2) is 33.4 Å². The second-order valence-electron chi connectivity index (χ2n) is 7.03. The van der Waals surface area contributed by atoms with E-state index in [9.17, 15) is 18.3 Å². The van der Waals surface area contributed by atoms with E-state index in [1.807, 2.05) is 18.2 Å². The highest BCUT2D eigenvalue weighted by molar-refractivity contribution is 5.56. The summed E-state index contributed by atoms with van der Waals surface area (Å²) in [6.07, 6.45) is -1.47. The van der Waals surface area contributed by atoms with Crippen LogP contribution < -0.4 is 4.90 Å². The number of rotatable bonds is 4. The van der Waals surface area contributed by atoms with Crippen LogP contribution >= 0.6 is 0 Å². The molecule has 1 fully saturated rings. The first kappa shape index (κ1) is 19.4. The highest BCUT2D eigenvalue weighted by Gasteiger charge is 2.38. The fraction of sp³-hybridized carbons (Fsp3) is 0.350. The first-order valence-electron chi connectivity index (χ1n) is 9.25. The van der Waals surface area contributed by atoms with Crippen molar-refractivity contribution in [2.45, 2.75) is 25.1 Å². The molecule has 6 nitrogen and oxygen atoms in total. The molecule has 0 spiro atoms. The zero-order chi connectivity index (χ0) is 20.4. The molecule has 3 heterocycles. The minimum Gasteiger partial charge on any atom is -0.396 e. The van der Waals surface area contributed by atoms with Gasteiger partial charge in [-0.25, -0.2) is 4.98 Å². The Hall–Kier alpha value is -2.94. The molecule has 0 bridgehead atoms. The van der Waals surface area contributed by atoms with Crippen molar-refractivity contribution in [1.29, 1.82) is 0 Å². The van der Waals surface area contributed by atoms with Crippen LogP contribution in [0, 0.1) is 5.92 Å². The van der Waals surface area contributed by atoms with Gasteiger partial charge in [-0.05, 0) is 36.5 Å². The number of aliphatic hydroxyl groups is 1. The summed E-state index contributed by atoms with van der Waals surface area (Å²) >= 11 is 0. The molecule has 1 N–H and O–H groups in total. The molecule has 4 rings (SSSR count). The highest BCUT2D eigenvalue weighted by atomic mass is 19.4. The molecule has 1 aliphatic heterocycles. The molecule has 2 aromatic heterocycles. The SMILES string of the molecule is OCC1CCC(c2ccccc2)N(c2ccc(-c3noc(C(F)(F)F)n3)cn2)C1. The number of anilines is 1. The van der Waals surface area contributed by atoms with E-state index in [2.05, 4.69) is 36.7 Å². The average molecular weight is 404 g/mol. The van der Waals surface area contributed by atoms with Crippen LogP contribution in [0.15, 0.2) is 53.2 Å². The molecule has 9 heteroatoms. The van der Waals surface area contributed by atoms with Crippen LogP contribution in [0.5, 0.6) is 0 Å². The van der Waals surface area contributed by atoms with Crippen LogP contribution in [0.1, 0.15) is 30.3 Å². The first-order chi connectivity index (χ1) is 14.0. The third-order valence-corrected chi connectivity index (χ3v) is 5.09. The van der Waals surface area contributed by atoms with E-state index in [4.69, 9.17) is 0 Å². The molecule has 0 saturated carbocycles. The summed E-state index contributed by atoms with van der Waals surface area (Å²) in [5.74, 6) is -0.728. The number of nitrogens with zero attached hydrogens (tertiary/aromatic N) is 4. The third-order valence-electron chi connectivity index (χ3n) is 5.09. The van der Waals surface area contributed by atoms with E-state index in [0.29, 0.717) is 17.9 Å². The molecule has 3 aromatic rings.